The van der Waals surface area contributed by atoms with Gasteiger partial charge in [0.25, 0.3) is 5.60 Å². The summed E-state index contributed by atoms with van der Waals surface area (Å²) in [6.45, 7) is 1.55. The Hall–Kier alpha value is -2.55. The molecule has 150 valence electrons. The number of hydrogen-bond donors (Lipinski definition) is 1. The summed E-state index contributed by atoms with van der Waals surface area (Å²) < 4.78 is 94.6. The minimum atomic E-state index is -6.03. The molecule has 0 amide bonds. The zero-order chi connectivity index (χ0) is 20.9. The Morgan fingerprint density at radius 3 is 2.00 bits per heavy atom. The van der Waals surface area contributed by atoms with Crippen LogP contribution >= 0.6 is 0 Å². The third-order valence-electron chi connectivity index (χ3n) is 4.67. The highest BCUT2D eigenvalue weighted by atomic mass is 19.4. The summed E-state index contributed by atoms with van der Waals surface area (Å²) in [7, 11) is 0. The molecule has 28 heavy (non-hydrogen) atoms. The molecule has 1 heterocycles. The monoisotopic (exact) mass is 405 g/mol. The standard InChI is InChI=1S/C19H14F7NO/c1-11-16(20)14-9-13(17(28,18(21,22)23)19(24,25)26)7-8-15(14)27(11)10-12-5-3-2-4-6-12/h2-9,28H,10H2,1H3. The van der Waals surface area contributed by atoms with Crippen LogP contribution in [0.1, 0.15) is 16.8 Å². The molecule has 0 saturated heterocycles. The Bertz CT molecular complexity index is 989. The molecular formula is C19H14F7NO. The molecule has 2 nitrogen and oxygen atoms in total. The second-order valence-electron chi connectivity index (χ2n) is 6.41. The highest BCUT2D eigenvalue weighted by Crippen LogP contribution is 2.50. The van der Waals surface area contributed by atoms with Crippen molar-refractivity contribution in [1.29, 1.82) is 0 Å². The van der Waals surface area contributed by atoms with Crippen LogP contribution in [-0.2, 0) is 12.1 Å². The predicted molar refractivity (Wildman–Crippen MR) is 88.2 cm³/mol. The van der Waals surface area contributed by atoms with Crippen molar-refractivity contribution in [2.45, 2.75) is 31.4 Å². The number of aromatic nitrogens is 1. The molecular weight excluding hydrogens is 391 g/mol. The number of aliphatic hydroxyl groups is 1. The molecule has 3 rings (SSSR count). The van der Waals surface area contributed by atoms with E-state index in [-0.39, 0.29) is 17.8 Å². The van der Waals surface area contributed by atoms with Crippen LogP contribution in [0.4, 0.5) is 30.7 Å². The molecule has 0 fully saturated rings. The molecule has 0 bridgehead atoms. The van der Waals surface area contributed by atoms with Crippen LogP contribution in [-0.4, -0.2) is 22.0 Å². The Morgan fingerprint density at radius 1 is 0.893 bits per heavy atom. The smallest absolute Gasteiger partial charge is 0.369 e. The van der Waals surface area contributed by atoms with Gasteiger partial charge in [0.05, 0.1) is 11.2 Å². The summed E-state index contributed by atoms with van der Waals surface area (Å²) in [5.41, 5.74) is -5.65. The third kappa shape index (κ3) is 3.03. The highest BCUT2D eigenvalue weighted by molar-refractivity contribution is 5.83. The number of alkyl halides is 6. The molecule has 1 aromatic heterocycles. The Labute approximate surface area is 154 Å². The van der Waals surface area contributed by atoms with Crippen LogP contribution in [0, 0.1) is 12.7 Å². The van der Waals surface area contributed by atoms with Gasteiger partial charge < -0.3 is 9.67 Å². The average molecular weight is 405 g/mol. The van der Waals surface area contributed by atoms with E-state index in [0.29, 0.717) is 12.1 Å². The van der Waals surface area contributed by atoms with Gasteiger partial charge in [0.15, 0.2) is 5.82 Å². The van der Waals surface area contributed by atoms with E-state index in [2.05, 4.69) is 0 Å². The predicted octanol–water partition coefficient (Wildman–Crippen LogP) is 5.45. The van der Waals surface area contributed by atoms with Crippen molar-refractivity contribution >= 4 is 10.9 Å². The first-order valence-electron chi connectivity index (χ1n) is 8.06. The van der Waals surface area contributed by atoms with E-state index < -0.39 is 34.7 Å². The largest absolute Gasteiger partial charge is 0.430 e. The minimum absolute atomic E-state index is 0.0542. The fourth-order valence-electron chi connectivity index (χ4n) is 3.12. The lowest BCUT2D eigenvalue weighted by molar-refractivity contribution is -0.376. The van der Waals surface area contributed by atoms with Crippen LogP contribution in [0.3, 0.4) is 0 Å². The molecule has 3 aromatic rings. The number of fused-ring (bicyclic) bond motifs is 1. The van der Waals surface area contributed by atoms with E-state index in [4.69, 9.17) is 0 Å². The van der Waals surface area contributed by atoms with E-state index in [1.54, 1.807) is 30.3 Å². The van der Waals surface area contributed by atoms with Crippen molar-refractivity contribution in [3.63, 3.8) is 0 Å². The van der Waals surface area contributed by atoms with Gasteiger partial charge in [-0.1, -0.05) is 36.4 Å². The van der Waals surface area contributed by atoms with Crippen molar-refractivity contribution in [2.24, 2.45) is 0 Å². The SMILES string of the molecule is Cc1c(F)c2cc(C(O)(C(F)(F)F)C(F)(F)F)ccc2n1Cc1ccccc1. The van der Waals surface area contributed by atoms with E-state index in [0.717, 1.165) is 11.6 Å². The lowest BCUT2D eigenvalue weighted by atomic mass is 9.91. The maximum Gasteiger partial charge on any atom is 0.430 e. The van der Waals surface area contributed by atoms with E-state index in [9.17, 15) is 35.8 Å². The van der Waals surface area contributed by atoms with Crippen LogP contribution in [0.5, 0.6) is 0 Å². The number of halogens is 7. The number of rotatable bonds is 3. The quantitative estimate of drug-likeness (QED) is 0.576. The van der Waals surface area contributed by atoms with Crippen LogP contribution < -0.4 is 0 Å². The van der Waals surface area contributed by atoms with Gasteiger partial charge in [-0.2, -0.15) is 26.3 Å². The van der Waals surface area contributed by atoms with E-state index >= 15 is 0 Å². The Morgan fingerprint density at radius 2 is 1.46 bits per heavy atom. The molecule has 0 radical (unpaired) electrons. The number of benzene rings is 2. The van der Waals surface area contributed by atoms with Gasteiger partial charge in [0.2, 0.25) is 0 Å². The van der Waals surface area contributed by atoms with Crippen LogP contribution in [0.2, 0.25) is 0 Å². The maximum absolute atomic E-state index is 14.6. The molecule has 9 heteroatoms. The molecule has 0 aliphatic rings. The first-order valence-corrected chi connectivity index (χ1v) is 8.06. The molecule has 0 atom stereocenters. The van der Waals surface area contributed by atoms with Crippen LogP contribution in [0.25, 0.3) is 10.9 Å². The summed E-state index contributed by atoms with van der Waals surface area (Å²) in [6, 6.07) is 10.6. The summed E-state index contributed by atoms with van der Waals surface area (Å²) in [5.74, 6) is -0.945. The van der Waals surface area contributed by atoms with Gasteiger partial charge >= 0.3 is 12.4 Å². The summed E-state index contributed by atoms with van der Waals surface area (Å²) >= 11 is 0. The van der Waals surface area contributed by atoms with Crippen molar-refractivity contribution in [3.05, 3.63) is 71.2 Å². The van der Waals surface area contributed by atoms with Gasteiger partial charge in [0.1, 0.15) is 0 Å². The first kappa shape index (κ1) is 20.2. The summed E-state index contributed by atoms with van der Waals surface area (Å²) in [5, 5.41) is 9.11. The fraction of sp³-hybridized carbons (Fsp3) is 0.263. The average Bonchev–Trinajstić information content (AvgIpc) is 2.84. The zero-order valence-corrected chi connectivity index (χ0v) is 14.4. The molecule has 2 aromatic carbocycles. The maximum atomic E-state index is 14.6. The lowest BCUT2D eigenvalue weighted by Gasteiger charge is -2.32. The van der Waals surface area contributed by atoms with Crippen LogP contribution in [0.15, 0.2) is 48.5 Å². The van der Waals surface area contributed by atoms with Gasteiger partial charge in [-0.3, -0.25) is 0 Å². The molecule has 0 aliphatic carbocycles. The summed E-state index contributed by atoms with van der Waals surface area (Å²) in [4.78, 5) is 0. The van der Waals surface area contributed by atoms with Crippen molar-refractivity contribution in [2.75, 3.05) is 0 Å². The van der Waals surface area contributed by atoms with Gasteiger partial charge in [-0.05, 0) is 24.6 Å². The highest BCUT2D eigenvalue weighted by Gasteiger charge is 2.71. The summed E-state index contributed by atoms with van der Waals surface area (Å²) in [6.07, 6.45) is -12.1. The lowest BCUT2D eigenvalue weighted by Crippen LogP contribution is -2.53. The zero-order valence-electron chi connectivity index (χ0n) is 14.4. The molecule has 0 saturated carbocycles. The van der Waals surface area contributed by atoms with Crippen molar-refractivity contribution in [3.8, 4) is 0 Å². The van der Waals surface area contributed by atoms with Crippen molar-refractivity contribution in [1.82, 2.24) is 4.57 Å². The second kappa shape index (κ2) is 6.51. The normalized spacial score (nSPS) is 13.3. The topological polar surface area (TPSA) is 25.2 Å². The van der Waals surface area contributed by atoms with Crippen molar-refractivity contribution < 1.29 is 35.8 Å². The van der Waals surface area contributed by atoms with Gasteiger partial charge in [-0.15, -0.1) is 0 Å². The second-order valence-corrected chi connectivity index (χ2v) is 6.41. The molecule has 0 aliphatic heterocycles. The number of nitrogens with zero attached hydrogens (tertiary/aromatic N) is 1. The number of hydrogen-bond acceptors (Lipinski definition) is 1. The van der Waals surface area contributed by atoms with Gasteiger partial charge in [-0.25, -0.2) is 4.39 Å². The molecule has 1 N–H and O–H groups in total. The fourth-order valence-corrected chi connectivity index (χ4v) is 3.12. The third-order valence-corrected chi connectivity index (χ3v) is 4.67. The minimum Gasteiger partial charge on any atom is -0.369 e. The van der Waals surface area contributed by atoms with E-state index in [1.807, 2.05) is 0 Å². The molecule has 0 spiro atoms. The first-order chi connectivity index (χ1) is 12.9. The Balaban J connectivity index is 2.19. The van der Waals surface area contributed by atoms with Gasteiger partial charge in [0, 0.05) is 17.5 Å². The molecule has 0 unspecified atom stereocenters. The Kier molecular flexibility index (Phi) is 4.69. The van der Waals surface area contributed by atoms with E-state index in [1.165, 1.54) is 11.5 Å².